The predicted octanol–water partition coefficient (Wildman–Crippen LogP) is 1.64. The van der Waals surface area contributed by atoms with Crippen LogP contribution in [0.25, 0.3) is 0 Å². The van der Waals surface area contributed by atoms with Crippen molar-refractivity contribution in [3.05, 3.63) is 29.8 Å². The number of methoxy groups -OCH3 is 1. The van der Waals surface area contributed by atoms with Crippen LogP contribution in [0.1, 0.15) is 18.9 Å². The molecule has 0 spiro atoms. The second kappa shape index (κ2) is 7.58. The molecule has 1 fully saturated rings. The Labute approximate surface area is 130 Å². The summed E-state index contributed by atoms with van der Waals surface area (Å²) in [5, 5.41) is 12.0. The van der Waals surface area contributed by atoms with Crippen molar-refractivity contribution >= 4 is 5.97 Å². The van der Waals surface area contributed by atoms with Gasteiger partial charge in [-0.25, -0.2) is 0 Å². The monoisotopic (exact) mass is 309 g/mol. The SMILES string of the molecule is CNC(C(=O)O)[C@@H]1OC(OCc2cccc(OC)c2)C[C@H]1C. The van der Waals surface area contributed by atoms with E-state index in [9.17, 15) is 9.90 Å². The van der Waals surface area contributed by atoms with Crippen molar-refractivity contribution < 1.29 is 24.1 Å². The molecule has 0 aromatic heterocycles. The van der Waals surface area contributed by atoms with Gasteiger partial charge >= 0.3 is 5.97 Å². The van der Waals surface area contributed by atoms with Crippen LogP contribution in [0.4, 0.5) is 0 Å². The van der Waals surface area contributed by atoms with E-state index in [1.807, 2.05) is 31.2 Å². The molecule has 6 heteroatoms. The van der Waals surface area contributed by atoms with Gasteiger partial charge < -0.3 is 24.6 Å². The summed E-state index contributed by atoms with van der Waals surface area (Å²) < 4.78 is 16.7. The molecular weight excluding hydrogens is 286 g/mol. The number of ether oxygens (including phenoxy) is 3. The number of hydrogen-bond donors (Lipinski definition) is 2. The number of likely N-dealkylation sites (N-methyl/N-ethyl adjacent to an activating group) is 1. The Morgan fingerprint density at radius 3 is 2.95 bits per heavy atom. The lowest BCUT2D eigenvalue weighted by atomic mass is 9.97. The van der Waals surface area contributed by atoms with Gasteiger partial charge in [-0.05, 0) is 30.7 Å². The van der Waals surface area contributed by atoms with Gasteiger partial charge in [0.15, 0.2) is 6.29 Å². The number of aliphatic carboxylic acids is 1. The van der Waals surface area contributed by atoms with Gasteiger partial charge in [0.2, 0.25) is 0 Å². The third kappa shape index (κ3) is 3.97. The Kier molecular flexibility index (Phi) is 5.76. The molecule has 0 radical (unpaired) electrons. The van der Waals surface area contributed by atoms with Crippen molar-refractivity contribution in [2.45, 2.75) is 38.4 Å². The van der Waals surface area contributed by atoms with Crippen LogP contribution in [0, 0.1) is 5.92 Å². The molecule has 0 amide bonds. The molecule has 122 valence electrons. The summed E-state index contributed by atoms with van der Waals surface area (Å²) >= 11 is 0. The first-order valence-corrected chi connectivity index (χ1v) is 7.35. The van der Waals surface area contributed by atoms with E-state index in [2.05, 4.69) is 5.32 Å². The lowest BCUT2D eigenvalue weighted by Gasteiger charge is -2.22. The molecule has 1 aromatic rings. The highest BCUT2D eigenvalue weighted by molar-refractivity contribution is 5.74. The average Bonchev–Trinajstić information content (AvgIpc) is 2.87. The third-order valence-electron chi connectivity index (χ3n) is 3.91. The van der Waals surface area contributed by atoms with Crippen LogP contribution >= 0.6 is 0 Å². The average molecular weight is 309 g/mol. The molecule has 22 heavy (non-hydrogen) atoms. The first-order chi connectivity index (χ1) is 10.5. The van der Waals surface area contributed by atoms with Crippen LogP contribution in [0.15, 0.2) is 24.3 Å². The van der Waals surface area contributed by atoms with Crippen LogP contribution in [-0.4, -0.2) is 43.7 Å². The maximum atomic E-state index is 11.2. The highest BCUT2D eigenvalue weighted by Crippen LogP contribution is 2.30. The summed E-state index contributed by atoms with van der Waals surface area (Å²) in [5.41, 5.74) is 0.988. The lowest BCUT2D eigenvalue weighted by molar-refractivity contribution is -0.160. The van der Waals surface area contributed by atoms with E-state index in [1.165, 1.54) is 0 Å². The fourth-order valence-corrected chi connectivity index (χ4v) is 2.70. The fraction of sp³-hybridized carbons (Fsp3) is 0.562. The number of carbonyl (C=O) groups is 1. The van der Waals surface area contributed by atoms with Crippen molar-refractivity contribution in [3.8, 4) is 5.75 Å². The molecule has 2 N–H and O–H groups in total. The molecule has 2 rings (SSSR count). The van der Waals surface area contributed by atoms with Gasteiger partial charge in [0, 0.05) is 6.42 Å². The number of hydrogen-bond acceptors (Lipinski definition) is 5. The molecule has 2 unspecified atom stereocenters. The maximum Gasteiger partial charge on any atom is 0.323 e. The summed E-state index contributed by atoms with van der Waals surface area (Å²) in [6, 6.07) is 6.91. The minimum Gasteiger partial charge on any atom is -0.497 e. The van der Waals surface area contributed by atoms with Crippen LogP contribution in [0.3, 0.4) is 0 Å². The zero-order valence-corrected chi connectivity index (χ0v) is 13.1. The first kappa shape index (κ1) is 16.7. The van der Waals surface area contributed by atoms with E-state index in [0.717, 1.165) is 11.3 Å². The highest BCUT2D eigenvalue weighted by Gasteiger charge is 2.40. The quantitative estimate of drug-likeness (QED) is 0.797. The molecule has 1 heterocycles. The maximum absolute atomic E-state index is 11.2. The fourth-order valence-electron chi connectivity index (χ4n) is 2.70. The van der Waals surface area contributed by atoms with Crippen molar-refractivity contribution in [1.29, 1.82) is 0 Å². The van der Waals surface area contributed by atoms with Crippen molar-refractivity contribution in [3.63, 3.8) is 0 Å². The van der Waals surface area contributed by atoms with Gasteiger partial charge in [-0.1, -0.05) is 19.1 Å². The van der Waals surface area contributed by atoms with Crippen LogP contribution < -0.4 is 10.1 Å². The van der Waals surface area contributed by atoms with E-state index in [0.29, 0.717) is 13.0 Å². The molecule has 4 atom stereocenters. The topological polar surface area (TPSA) is 77.0 Å². The Bertz CT molecular complexity index is 507. The number of nitrogens with one attached hydrogen (secondary N) is 1. The Hall–Kier alpha value is -1.63. The molecule has 6 nitrogen and oxygen atoms in total. The summed E-state index contributed by atoms with van der Waals surface area (Å²) in [6.45, 7) is 2.38. The van der Waals surface area contributed by atoms with Gasteiger partial charge in [-0.15, -0.1) is 0 Å². The molecule has 0 saturated carbocycles. The van der Waals surface area contributed by atoms with Crippen molar-refractivity contribution in [2.24, 2.45) is 5.92 Å². The molecule has 0 bridgehead atoms. The zero-order valence-electron chi connectivity index (χ0n) is 13.1. The lowest BCUT2D eigenvalue weighted by Crippen LogP contribution is -2.46. The number of benzene rings is 1. The smallest absolute Gasteiger partial charge is 0.323 e. The molecule has 0 aliphatic carbocycles. The Morgan fingerprint density at radius 2 is 2.32 bits per heavy atom. The molecule has 1 aliphatic rings. The Balaban J connectivity index is 1.91. The predicted molar refractivity (Wildman–Crippen MR) is 80.7 cm³/mol. The van der Waals surface area contributed by atoms with Gasteiger partial charge in [-0.2, -0.15) is 0 Å². The zero-order chi connectivity index (χ0) is 16.1. The first-order valence-electron chi connectivity index (χ1n) is 7.35. The Morgan fingerprint density at radius 1 is 1.55 bits per heavy atom. The minimum absolute atomic E-state index is 0.115. The molecule has 1 saturated heterocycles. The van der Waals surface area contributed by atoms with E-state index >= 15 is 0 Å². The van der Waals surface area contributed by atoms with Gasteiger partial charge in [0.1, 0.15) is 11.8 Å². The van der Waals surface area contributed by atoms with Crippen molar-refractivity contribution in [1.82, 2.24) is 5.32 Å². The highest BCUT2D eigenvalue weighted by atomic mass is 16.7. The normalized spacial score (nSPS) is 25.9. The summed E-state index contributed by atoms with van der Waals surface area (Å²) in [4.78, 5) is 11.2. The largest absolute Gasteiger partial charge is 0.497 e. The summed E-state index contributed by atoms with van der Waals surface area (Å²) in [6.07, 6.45) is -0.0979. The van der Waals surface area contributed by atoms with Gasteiger partial charge in [0.05, 0.1) is 19.8 Å². The number of carboxylic acid groups (broad SMARTS) is 1. The van der Waals surface area contributed by atoms with Crippen LogP contribution in [0.2, 0.25) is 0 Å². The van der Waals surface area contributed by atoms with E-state index in [-0.39, 0.29) is 12.2 Å². The minimum atomic E-state index is -0.909. The third-order valence-corrected chi connectivity index (χ3v) is 3.91. The van der Waals surface area contributed by atoms with Crippen LogP contribution in [0.5, 0.6) is 5.75 Å². The van der Waals surface area contributed by atoms with Crippen LogP contribution in [-0.2, 0) is 20.9 Å². The van der Waals surface area contributed by atoms with Crippen molar-refractivity contribution in [2.75, 3.05) is 14.2 Å². The van der Waals surface area contributed by atoms with Gasteiger partial charge in [0.25, 0.3) is 0 Å². The molecule has 1 aromatic carbocycles. The second-order valence-electron chi connectivity index (χ2n) is 5.51. The molecule has 1 aliphatic heterocycles. The molecular formula is C16H23NO5. The van der Waals surface area contributed by atoms with E-state index in [4.69, 9.17) is 14.2 Å². The number of rotatable bonds is 7. The summed E-state index contributed by atoms with van der Waals surface area (Å²) in [5.74, 6) is -0.0162. The van der Waals surface area contributed by atoms with E-state index < -0.39 is 18.1 Å². The van der Waals surface area contributed by atoms with Gasteiger partial charge in [-0.3, -0.25) is 4.79 Å². The number of carboxylic acids is 1. The standard InChI is InChI=1S/C16H23NO5/c1-10-7-13(22-15(10)14(17-2)16(18)19)21-9-11-5-4-6-12(8-11)20-3/h4-6,8,10,13-15,17H,7,9H2,1-3H3,(H,18,19)/t10-,13?,14?,15-/m1/s1. The second-order valence-corrected chi connectivity index (χ2v) is 5.51. The summed E-state index contributed by atoms with van der Waals surface area (Å²) in [7, 11) is 3.25. The van der Waals surface area contributed by atoms with E-state index in [1.54, 1.807) is 14.2 Å².